The molecule has 2 aliphatic rings. The molecule has 0 bridgehead atoms. The SMILES string of the molecule is C=NC(=NC1CCC(NCc2ccc3cc(F)ccc3c2)CC1)NC(=C\C)/C=C1\SC(=O)NC1=O. The molecule has 0 aromatic heterocycles. The number of hydrogen-bond acceptors (Lipinski definition) is 5. The molecule has 2 amide bonds. The van der Waals surface area contributed by atoms with Crippen molar-refractivity contribution in [1.29, 1.82) is 0 Å². The number of hydrogen-bond donors (Lipinski definition) is 3. The highest BCUT2D eigenvalue weighted by molar-refractivity contribution is 8.18. The number of carbonyl (C=O) groups excluding carboxylic acids is 2. The van der Waals surface area contributed by atoms with Gasteiger partial charge in [-0.2, -0.15) is 0 Å². The average molecular weight is 494 g/mol. The highest BCUT2D eigenvalue weighted by atomic mass is 32.2. The second kappa shape index (κ2) is 11.4. The third kappa shape index (κ3) is 6.64. The highest BCUT2D eigenvalue weighted by Crippen LogP contribution is 2.25. The summed E-state index contributed by atoms with van der Waals surface area (Å²) >= 11 is 0.864. The minimum Gasteiger partial charge on any atom is -0.325 e. The monoisotopic (exact) mass is 493 g/mol. The summed E-state index contributed by atoms with van der Waals surface area (Å²) in [5.41, 5.74) is 1.80. The molecule has 7 nitrogen and oxygen atoms in total. The molecule has 1 aliphatic carbocycles. The lowest BCUT2D eigenvalue weighted by Crippen LogP contribution is -2.34. The maximum atomic E-state index is 13.4. The molecule has 1 aliphatic heterocycles. The van der Waals surface area contributed by atoms with Crippen molar-refractivity contribution in [1.82, 2.24) is 16.0 Å². The van der Waals surface area contributed by atoms with Crippen molar-refractivity contribution in [3.05, 3.63) is 70.5 Å². The van der Waals surface area contributed by atoms with E-state index in [1.54, 1.807) is 18.2 Å². The first-order valence-electron chi connectivity index (χ1n) is 11.6. The van der Waals surface area contributed by atoms with Gasteiger partial charge in [-0.25, -0.2) is 14.4 Å². The molecular formula is C26H28FN5O2S. The molecular weight excluding hydrogens is 465 g/mol. The van der Waals surface area contributed by atoms with Crippen LogP contribution in [0.4, 0.5) is 9.18 Å². The molecule has 2 aromatic carbocycles. The Bertz CT molecular complexity index is 1230. The fourth-order valence-electron chi connectivity index (χ4n) is 4.22. The molecule has 0 atom stereocenters. The summed E-state index contributed by atoms with van der Waals surface area (Å²) in [6.45, 7) is 6.20. The van der Waals surface area contributed by atoms with Crippen LogP contribution in [0.25, 0.3) is 10.8 Å². The number of halogens is 1. The van der Waals surface area contributed by atoms with Crippen LogP contribution < -0.4 is 16.0 Å². The summed E-state index contributed by atoms with van der Waals surface area (Å²) in [6.07, 6.45) is 7.24. The number of aliphatic imine (C=N–C) groups is 2. The quantitative estimate of drug-likeness (QED) is 0.305. The second-order valence-corrected chi connectivity index (χ2v) is 9.56. The first-order chi connectivity index (χ1) is 16.9. The highest BCUT2D eigenvalue weighted by Gasteiger charge is 2.25. The standard InChI is InChI=1S/C26H28FN5O2S/c1-3-20(14-23-24(33)32-26(34)35-23)30-25(28-2)31-22-10-8-21(9-11-22)29-15-16-4-5-18-13-19(27)7-6-17(18)12-16/h3-7,12-14,21-22,29H,2,8-11,15H2,1H3,(H,30,31)(H,32,33,34)/b20-3-,23-14-. The maximum Gasteiger partial charge on any atom is 0.290 e. The Kier molecular flexibility index (Phi) is 8.09. The minimum atomic E-state index is -0.408. The molecule has 2 fully saturated rings. The zero-order valence-corrected chi connectivity index (χ0v) is 20.3. The molecule has 0 radical (unpaired) electrons. The zero-order valence-electron chi connectivity index (χ0n) is 19.5. The fourth-order valence-corrected chi connectivity index (χ4v) is 4.89. The zero-order chi connectivity index (χ0) is 24.8. The van der Waals surface area contributed by atoms with Gasteiger partial charge in [-0.05, 0) is 91.7 Å². The van der Waals surface area contributed by atoms with Crippen LogP contribution in [0.15, 0.2) is 69.1 Å². The predicted molar refractivity (Wildman–Crippen MR) is 140 cm³/mol. The van der Waals surface area contributed by atoms with Crippen LogP contribution in [0.1, 0.15) is 38.2 Å². The van der Waals surface area contributed by atoms with Gasteiger partial charge in [0.15, 0.2) is 0 Å². The smallest absolute Gasteiger partial charge is 0.290 e. The van der Waals surface area contributed by atoms with Crippen molar-refractivity contribution >= 4 is 46.4 Å². The predicted octanol–water partition coefficient (Wildman–Crippen LogP) is 4.80. The van der Waals surface area contributed by atoms with Crippen LogP contribution in [-0.2, 0) is 11.3 Å². The Labute approximate surface area is 208 Å². The van der Waals surface area contributed by atoms with E-state index in [9.17, 15) is 14.0 Å². The lowest BCUT2D eigenvalue weighted by molar-refractivity contribution is -0.115. The molecule has 0 unspecified atom stereocenters. The van der Waals surface area contributed by atoms with E-state index < -0.39 is 5.91 Å². The van der Waals surface area contributed by atoms with Crippen molar-refractivity contribution in [3.8, 4) is 0 Å². The van der Waals surface area contributed by atoms with Crippen molar-refractivity contribution in [2.45, 2.75) is 51.2 Å². The van der Waals surface area contributed by atoms with Crippen LogP contribution >= 0.6 is 11.8 Å². The third-order valence-corrected chi connectivity index (χ3v) is 6.92. The Morgan fingerprint density at radius 3 is 2.60 bits per heavy atom. The Balaban J connectivity index is 1.28. The number of benzene rings is 2. The first-order valence-corrected chi connectivity index (χ1v) is 12.4. The van der Waals surface area contributed by atoms with Crippen LogP contribution in [-0.4, -0.2) is 35.9 Å². The molecule has 1 saturated heterocycles. The molecule has 3 N–H and O–H groups in total. The minimum absolute atomic E-state index is 0.133. The van der Waals surface area contributed by atoms with Crippen LogP contribution in [0.5, 0.6) is 0 Å². The number of imide groups is 1. The summed E-state index contributed by atoms with van der Waals surface area (Å²) in [5, 5.41) is 10.5. The molecule has 1 heterocycles. The summed E-state index contributed by atoms with van der Waals surface area (Å²) < 4.78 is 13.4. The van der Waals surface area contributed by atoms with Gasteiger partial charge >= 0.3 is 0 Å². The number of nitrogens with one attached hydrogen (secondary N) is 3. The van der Waals surface area contributed by atoms with Gasteiger partial charge in [0, 0.05) is 18.3 Å². The molecule has 4 rings (SSSR count). The van der Waals surface area contributed by atoms with E-state index in [-0.39, 0.29) is 17.1 Å². The first kappa shape index (κ1) is 24.8. The second-order valence-electron chi connectivity index (χ2n) is 8.54. The van der Waals surface area contributed by atoms with Gasteiger partial charge in [-0.1, -0.05) is 24.3 Å². The fraction of sp³-hybridized carbons (Fsp3) is 0.308. The summed E-state index contributed by atoms with van der Waals surface area (Å²) in [4.78, 5) is 32.2. The lowest BCUT2D eigenvalue weighted by atomic mass is 9.91. The molecule has 0 spiro atoms. The normalized spacial score (nSPS) is 22.5. The van der Waals surface area contributed by atoms with Crippen molar-refractivity contribution < 1.29 is 14.0 Å². The van der Waals surface area contributed by atoms with Crippen molar-refractivity contribution in [2.75, 3.05) is 0 Å². The summed E-state index contributed by atoms with van der Waals surface area (Å²) in [6, 6.07) is 11.5. The van der Waals surface area contributed by atoms with Gasteiger partial charge in [0.2, 0.25) is 5.96 Å². The number of nitrogens with zero attached hydrogens (tertiary/aromatic N) is 2. The van der Waals surface area contributed by atoms with Gasteiger partial charge < -0.3 is 10.6 Å². The van der Waals surface area contributed by atoms with Crippen LogP contribution in [0.2, 0.25) is 0 Å². The topological polar surface area (TPSA) is 94.9 Å². The van der Waals surface area contributed by atoms with Crippen molar-refractivity contribution in [2.24, 2.45) is 9.98 Å². The average Bonchev–Trinajstić information content (AvgIpc) is 3.18. The van der Waals surface area contributed by atoms with Gasteiger partial charge in [-0.15, -0.1) is 0 Å². The van der Waals surface area contributed by atoms with E-state index in [1.807, 2.05) is 25.1 Å². The van der Waals surface area contributed by atoms with Crippen LogP contribution in [0, 0.1) is 5.82 Å². The molecule has 35 heavy (non-hydrogen) atoms. The maximum absolute atomic E-state index is 13.4. The number of allylic oxidation sites excluding steroid dienone is 2. The van der Waals surface area contributed by atoms with E-state index in [2.05, 4.69) is 33.7 Å². The summed E-state index contributed by atoms with van der Waals surface area (Å²) in [7, 11) is 0. The Hall–Kier alpha value is -3.30. The van der Waals surface area contributed by atoms with E-state index in [1.165, 1.54) is 11.6 Å². The lowest BCUT2D eigenvalue weighted by Gasteiger charge is -2.27. The van der Waals surface area contributed by atoms with Crippen molar-refractivity contribution in [3.63, 3.8) is 0 Å². The number of carbonyl (C=O) groups is 2. The number of fused-ring (bicyclic) bond motifs is 1. The Morgan fingerprint density at radius 2 is 1.91 bits per heavy atom. The Morgan fingerprint density at radius 1 is 1.17 bits per heavy atom. The largest absolute Gasteiger partial charge is 0.325 e. The van der Waals surface area contributed by atoms with E-state index in [0.29, 0.717) is 22.6 Å². The van der Waals surface area contributed by atoms with Crippen LogP contribution in [0.3, 0.4) is 0 Å². The molecule has 182 valence electrons. The third-order valence-electron chi connectivity index (χ3n) is 6.11. The molecule has 2 aromatic rings. The molecule has 9 heteroatoms. The van der Waals surface area contributed by atoms with Gasteiger partial charge in [-0.3, -0.25) is 14.9 Å². The summed E-state index contributed by atoms with van der Waals surface area (Å²) in [5.74, 6) is -0.230. The van der Waals surface area contributed by atoms with Gasteiger partial charge in [0.05, 0.1) is 10.9 Å². The van der Waals surface area contributed by atoms with E-state index in [0.717, 1.165) is 54.8 Å². The number of guanidine groups is 1. The number of amides is 2. The molecule has 1 saturated carbocycles. The van der Waals surface area contributed by atoms with Gasteiger partial charge in [0.1, 0.15) is 5.82 Å². The van der Waals surface area contributed by atoms with E-state index >= 15 is 0 Å². The number of rotatable bonds is 6. The van der Waals surface area contributed by atoms with Gasteiger partial charge in [0.25, 0.3) is 11.1 Å². The van der Waals surface area contributed by atoms with E-state index in [4.69, 9.17) is 4.99 Å². The number of thioether (sulfide) groups is 1.